The second kappa shape index (κ2) is 5.46. The Morgan fingerprint density at radius 3 is 2.65 bits per heavy atom. The number of hydrogen-bond donors (Lipinski definition) is 1. The predicted molar refractivity (Wildman–Crippen MR) is 62.4 cm³/mol. The van der Waals surface area contributed by atoms with E-state index in [1.807, 2.05) is 0 Å². The van der Waals surface area contributed by atoms with Crippen LogP contribution >= 0.6 is 0 Å². The molecule has 0 aromatic heterocycles. The fraction of sp³-hybridized carbons (Fsp3) is 0.231. The van der Waals surface area contributed by atoms with Crippen molar-refractivity contribution in [3.8, 4) is 0 Å². The molecule has 0 aliphatic rings. The van der Waals surface area contributed by atoms with Gasteiger partial charge in [0.05, 0.1) is 12.7 Å². The first-order valence-corrected chi connectivity index (χ1v) is 4.91. The third-order valence-corrected chi connectivity index (χ3v) is 2.33. The van der Waals surface area contributed by atoms with Gasteiger partial charge in [-0.15, -0.1) is 5.73 Å². The summed E-state index contributed by atoms with van der Waals surface area (Å²) in [7, 11) is 2.59. The monoisotopic (exact) mass is 234 g/mol. The molecule has 0 aliphatic heterocycles. The molecule has 4 heteroatoms. The van der Waals surface area contributed by atoms with Gasteiger partial charge in [0.2, 0.25) is 5.79 Å². The lowest BCUT2D eigenvalue weighted by atomic mass is 9.99. The summed E-state index contributed by atoms with van der Waals surface area (Å²) in [5.74, 6) is -2.29. The van der Waals surface area contributed by atoms with Crippen molar-refractivity contribution in [3.05, 3.63) is 53.8 Å². The lowest BCUT2D eigenvalue weighted by molar-refractivity contribution is -0.153. The summed E-state index contributed by atoms with van der Waals surface area (Å²) < 4.78 is 9.63. The zero-order valence-corrected chi connectivity index (χ0v) is 9.77. The van der Waals surface area contributed by atoms with Crippen LogP contribution in [0, 0.1) is 0 Å². The number of carbonyl (C=O) groups excluding carboxylic acids is 1. The Morgan fingerprint density at radius 2 is 2.12 bits per heavy atom. The van der Waals surface area contributed by atoms with Crippen LogP contribution < -0.4 is 0 Å². The van der Waals surface area contributed by atoms with E-state index in [2.05, 4.69) is 17.0 Å². The maximum atomic E-state index is 11.6. The van der Waals surface area contributed by atoms with Crippen molar-refractivity contribution >= 4 is 5.97 Å². The SMILES string of the molecule is C=C=CC(O)(OC)c1ccccc1C(=O)OC. The average molecular weight is 234 g/mol. The Hall–Kier alpha value is -1.87. The number of ether oxygens (including phenoxy) is 2. The Bertz CT molecular complexity index is 460. The van der Waals surface area contributed by atoms with Crippen molar-refractivity contribution in [2.75, 3.05) is 14.2 Å². The predicted octanol–water partition coefficient (Wildman–Crippen LogP) is 1.61. The van der Waals surface area contributed by atoms with Crippen LogP contribution in [0.25, 0.3) is 0 Å². The van der Waals surface area contributed by atoms with Crippen LogP contribution in [0.1, 0.15) is 15.9 Å². The fourth-order valence-electron chi connectivity index (χ4n) is 1.47. The summed E-state index contributed by atoms with van der Waals surface area (Å²) in [5, 5.41) is 10.2. The molecule has 0 radical (unpaired) electrons. The first kappa shape index (κ1) is 13.2. The molecule has 0 amide bonds. The molecule has 4 nitrogen and oxygen atoms in total. The zero-order chi connectivity index (χ0) is 12.9. The molecule has 17 heavy (non-hydrogen) atoms. The quantitative estimate of drug-likeness (QED) is 0.488. The highest BCUT2D eigenvalue weighted by atomic mass is 16.6. The highest BCUT2D eigenvalue weighted by Gasteiger charge is 2.30. The Balaban J connectivity index is 3.39. The third kappa shape index (κ3) is 2.63. The average Bonchev–Trinajstić information content (AvgIpc) is 2.38. The summed E-state index contributed by atoms with van der Waals surface area (Å²) >= 11 is 0. The van der Waals surface area contributed by atoms with Gasteiger partial charge in [0.15, 0.2) is 0 Å². The van der Waals surface area contributed by atoms with E-state index in [0.29, 0.717) is 0 Å². The van der Waals surface area contributed by atoms with E-state index in [-0.39, 0.29) is 11.1 Å². The summed E-state index contributed by atoms with van der Waals surface area (Å²) in [4.78, 5) is 11.6. The van der Waals surface area contributed by atoms with Crippen molar-refractivity contribution in [3.63, 3.8) is 0 Å². The Labute approximate surface area is 99.8 Å². The lowest BCUT2D eigenvalue weighted by Crippen LogP contribution is -2.27. The molecular formula is C13H14O4. The van der Waals surface area contributed by atoms with Crippen LogP contribution in [-0.2, 0) is 15.3 Å². The van der Waals surface area contributed by atoms with E-state index in [4.69, 9.17) is 4.74 Å². The molecule has 0 saturated heterocycles. The van der Waals surface area contributed by atoms with Gasteiger partial charge in [0, 0.05) is 18.7 Å². The van der Waals surface area contributed by atoms with Crippen LogP contribution in [0.3, 0.4) is 0 Å². The molecule has 0 fully saturated rings. The second-order valence-corrected chi connectivity index (χ2v) is 3.29. The molecule has 0 saturated carbocycles. The minimum atomic E-state index is -1.74. The number of esters is 1. The van der Waals surface area contributed by atoms with Crippen LogP contribution in [0.4, 0.5) is 0 Å². The topological polar surface area (TPSA) is 55.8 Å². The highest BCUT2D eigenvalue weighted by Crippen LogP contribution is 2.27. The van der Waals surface area contributed by atoms with E-state index in [9.17, 15) is 9.90 Å². The highest BCUT2D eigenvalue weighted by molar-refractivity contribution is 5.91. The van der Waals surface area contributed by atoms with Gasteiger partial charge >= 0.3 is 5.97 Å². The van der Waals surface area contributed by atoms with Gasteiger partial charge < -0.3 is 14.6 Å². The van der Waals surface area contributed by atoms with Gasteiger partial charge in [0.25, 0.3) is 0 Å². The van der Waals surface area contributed by atoms with E-state index >= 15 is 0 Å². The molecule has 0 spiro atoms. The van der Waals surface area contributed by atoms with Gasteiger partial charge in [-0.05, 0) is 6.07 Å². The summed E-state index contributed by atoms with van der Waals surface area (Å²) in [6.07, 6.45) is 1.23. The number of benzene rings is 1. The van der Waals surface area contributed by atoms with Crippen molar-refractivity contribution in [2.24, 2.45) is 0 Å². The maximum absolute atomic E-state index is 11.6. The van der Waals surface area contributed by atoms with E-state index in [1.165, 1.54) is 20.3 Å². The minimum absolute atomic E-state index is 0.228. The van der Waals surface area contributed by atoms with Crippen molar-refractivity contribution in [2.45, 2.75) is 5.79 Å². The Morgan fingerprint density at radius 1 is 1.47 bits per heavy atom. The van der Waals surface area contributed by atoms with Crippen molar-refractivity contribution in [1.82, 2.24) is 0 Å². The van der Waals surface area contributed by atoms with Gasteiger partial charge in [0.1, 0.15) is 0 Å². The smallest absolute Gasteiger partial charge is 0.338 e. The largest absolute Gasteiger partial charge is 0.465 e. The first-order valence-electron chi connectivity index (χ1n) is 4.91. The van der Waals surface area contributed by atoms with Gasteiger partial charge in [-0.1, -0.05) is 24.8 Å². The maximum Gasteiger partial charge on any atom is 0.338 e. The molecule has 0 bridgehead atoms. The molecule has 1 N–H and O–H groups in total. The van der Waals surface area contributed by atoms with Crippen LogP contribution in [-0.4, -0.2) is 25.3 Å². The van der Waals surface area contributed by atoms with Crippen LogP contribution in [0.2, 0.25) is 0 Å². The summed E-state index contributed by atoms with van der Waals surface area (Å²) in [6, 6.07) is 6.47. The third-order valence-electron chi connectivity index (χ3n) is 2.33. The molecule has 1 unspecified atom stereocenters. The lowest BCUT2D eigenvalue weighted by Gasteiger charge is -2.24. The number of rotatable bonds is 4. The zero-order valence-electron chi connectivity index (χ0n) is 9.77. The number of aliphatic hydroxyl groups is 1. The molecule has 0 aliphatic carbocycles. The molecule has 1 aromatic rings. The molecule has 0 heterocycles. The summed E-state index contributed by atoms with van der Waals surface area (Å²) in [5.41, 5.74) is 2.95. The van der Waals surface area contributed by atoms with Crippen molar-refractivity contribution < 1.29 is 19.4 Å². The number of carbonyl (C=O) groups is 1. The van der Waals surface area contributed by atoms with Gasteiger partial charge in [-0.2, -0.15) is 0 Å². The number of hydrogen-bond acceptors (Lipinski definition) is 4. The molecular weight excluding hydrogens is 220 g/mol. The van der Waals surface area contributed by atoms with E-state index in [1.54, 1.807) is 24.3 Å². The molecule has 1 aromatic carbocycles. The van der Waals surface area contributed by atoms with E-state index in [0.717, 1.165) is 0 Å². The molecule has 1 rings (SSSR count). The first-order chi connectivity index (χ1) is 8.09. The normalized spacial score (nSPS) is 13.4. The molecule has 1 atom stereocenters. The standard InChI is InChI=1S/C13H14O4/c1-4-9-13(15,17-3)11-8-6-5-7-10(11)12(14)16-2/h5-9,15H,1H2,2-3H3. The van der Waals surface area contributed by atoms with Gasteiger partial charge in [-0.3, -0.25) is 0 Å². The Kier molecular flexibility index (Phi) is 4.24. The minimum Gasteiger partial charge on any atom is -0.465 e. The van der Waals surface area contributed by atoms with Gasteiger partial charge in [-0.25, -0.2) is 4.79 Å². The fourth-order valence-corrected chi connectivity index (χ4v) is 1.47. The number of methoxy groups -OCH3 is 2. The summed E-state index contributed by atoms with van der Waals surface area (Å²) in [6.45, 7) is 3.38. The van der Waals surface area contributed by atoms with E-state index < -0.39 is 11.8 Å². The molecule has 90 valence electrons. The van der Waals surface area contributed by atoms with Crippen LogP contribution in [0.15, 0.2) is 42.7 Å². The van der Waals surface area contributed by atoms with Crippen molar-refractivity contribution in [1.29, 1.82) is 0 Å². The van der Waals surface area contributed by atoms with Crippen LogP contribution in [0.5, 0.6) is 0 Å². The second-order valence-electron chi connectivity index (χ2n) is 3.29.